The standard InChI is InChI=1S/C24H23N3O4/c1-2-30-24(29)27-13-12-21-17(16-27)14-25-15-22(21)23(28)26-18-8-10-20(11-9-18)31-19-6-4-3-5-7-19/h3-11,14-15H,2,12-13,16H2,1H3,(H,26,28). The molecule has 2 amide bonds. The molecule has 1 N–H and O–H groups in total. The average Bonchev–Trinajstić information content (AvgIpc) is 2.80. The maximum Gasteiger partial charge on any atom is 0.410 e. The number of fused-ring (bicyclic) bond motifs is 1. The van der Waals surface area contributed by atoms with E-state index in [1.807, 2.05) is 30.3 Å². The predicted molar refractivity (Wildman–Crippen MR) is 116 cm³/mol. The maximum atomic E-state index is 12.9. The van der Waals surface area contributed by atoms with E-state index in [0.29, 0.717) is 43.1 Å². The van der Waals surface area contributed by atoms with E-state index >= 15 is 0 Å². The van der Waals surface area contributed by atoms with Crippen LogP contribution in [0.1, 0.15) is 28.4 Å². The third-order valence-electron chi connectivity index (χ3n) is 5.00. The number of amides is 2. The lowest BCUT2D eigenvalue weighted by Gasteiger charge is -2.28. The van der Waals surface area contributed by atoms with Crippen molar-refractivity contribution in [1.82, 2.24) is 9.88 Å². The van der Waals surface area contributed by atoms with Crippen molar-refractivity contribution < 1.29 is 19.1 Å². The van der Waals surface area contributed by atoms with Gasteiger partial charge in [-0.15, -0.1) is 0 Å². The Morgan fingerprint density at radius 2 is 1.77 bits per heavy atom. The first-order valence-electron chi connectivity index (χ1n) is 10.2. The normalized spacial score (nSPS) is 12.6. The summed E-state index contributed by atoms with van der Waals surface area (Å²) in [6, 6.07) is 16.7. The SMILES string of the molecule is CCOC(=O)N1CCc2c(cncc2C(=O)Nc2ccc(Oc3ccccc3)cc2)C1. The van der Waals surface area contributed by atoms with Crippen molar-refractivity contribution in [3.05, 3.63) is 83.7 Å². The molecule has 2 heterocycles. The number of carbonyl (C=O) groups excluding carboxylic acids is 2. The minimum atomic E-state index is -0.346. The number of ether oxygens (including phenoxy) is 2. The molecule has 4 rings (SSSR count). The first kappa shape index (κ1) is 20.4. The number of carbonyl (C=O) groups is 2. The molecule has 3 aromatic rings. The molecule has 1 aliphatic heterocycles. The lowest BCUT2D eigenvalue weighted by atomic mass is 9.97. The quantitative estimate of drug-likeness (QED) is 0.654. The zero-order valence-electron chi connectivity index (χ0n) is 17.2. The van der Waals surface area contributed by atoms with E-state index in [-0.39, 0.29) is 12.0 Å². The van der Waals surface area contributed by atoms with Crippen LogP contribution in [0.4, 0.5) is 10.5 Å². The summed E-state index contributed by atoms with van der Waals surface area (Å²) >= 11 is 0. The van der Waals surface area contributed by atoms with Crippen molar-refractivity contribution in [3.63, 3.8) is 0 Å². The molecule has 0 atom stereocenters. The fourth-order valence-electron chi connectivity index (χ4n) is 3.49. The van der Waals surface area contributed by atoms with Crippen LogP contribution in [0.25, 0.3) is 0 Å². The number of para-hydroxylation sites is 1. The predicted octanol–water partition coefficient (Wildman–Crippen LogP) is 4.64. The van der Waals surface area contributed by atoms with Crippen LogP contribution in [0.15, 0.2) is 67.0 Å². The monoisotopic (exact) mass is 417 g/mol. The number of nitrogens with zero attached hydrogens (tertiary/aromatic N) is 2. The second-order valence-electron chi connectivity index (χ2n) is 7.09. The van der Waals surface area contributed by atoms with E-state index in [0.717, 1.165) is 16.9 Å². The molecule has 0 bridgehead atoms. The van der Waals surface area contributed by atoms with Crippen LogP contribution in [-0.2, 0) is 17.7 Å². The second-order valence-corrected chi connectivity index (χ2v) is 7.09. The largest absolute Gasteiger partial charge is 0.457 e. The van der Waals surface area contributed by atoms with Gasteiger partial charge >= 0.3 is 6.09 Å². The fraction of sp³-hybridized carbons (Fsp3) is 0.208. The molecular weight excluding hydrogens is 394 g/mol. The number of hydrogen-bond donors (Lipinski definition) is 1. The Morgan fingerprint density at radius 3 is 2.52 bits per heavy atom. The fourth-order valence-corrected chi connectivity index (χ4v) is 3.49. The van der Waals surface area contributed by atoms with Gasteiger partial charge in [0.1, 0.15) is 11.5 Å². The summed E-state index contributed by atoms with van der Waals surface area (Å²) in [7, 11) is 0. The molecule has 2 aromatic carbocycles. The number of nitrogens with one attached hydrogen (secondary N) is 1. The van der Waals surface area contributed by atoms with Crippen LogP contribution in [-0.4, -0.2) is 35.0 Å². The van der Waals surface area contributed by atoms with Gasteiger partial charge in [0.25, 0.3) is 5.91 Å². The molecule has 0 radical (unpaired) electrons. The van der Waals surface area contributed by atoms with E-state index in [2.05, 4.69) is 10.3 Å². The number of rotatable bonds is 5. The molecule has 1 aromatic heterocycles. The lowest BCUT2D eigenvalue weighted by Crippen LogP contribution is -2.37. The van der Waals surface area contributed by atoms with Crippen molar-refractivity contribution in [2.45, 2.75) is 19.9 Å². The molecule has 0 unspecified atom stereocenters. The van der Waals surface area contributed by atoms with Gasteiger partial charge in [0.15, 0.2) is 0 Å². The maximum absolute atomic E-state index is 12.9. The molecule has 0 saturated carbocycles. The Kier molecular flexibility index (Phi) is 6.12. The second kappa shape index (κ2) is 9.30. The van der Waals surface area contributed by atoms with Crippen LogP contribution in [0.3, 0.4) is 0 Å². The summed E-state index contributed by atoms with van der Waals surface area (Å²) in [6.45, 7) is 2.99. The number of aromatic nitrogens is 1. The van der Waals surface area contributed by atoms with Crippen molar-refractivity contribution in [1.29, 1.82) is 0 Å². The highest BCUT2D eigenvalue weighted by Gasteiger charge is 2.25. The van der Waals surface area contributed by atoms with E-state index < -0.39 is 0 Å². The zero-order valence-corrected chi connectivity index (χ0v) is 17.2. The summed E-state index contributed by atoms with van der Waals surface area (Å²) < 4.78 is 10.9. The van der Waals surface area contributed by atoms with Crippen LogP contribution in [0.2, 0.25) is 0 Å². The molecule has 7 heteroatoms. The van der Waals surface area contributed by atoms with Crippen molar-refractivity contribution in [2.24, 2.45) is 0 Å². The highest BCUT2D eigenvalue weighted by atomic mass is 16.6. The third kappa shape index (κ3) is 4.83. The van der Waals surface area contributed by atoms with Crippen molar-refractivity contribution in [3.8, 4) is 11.5 Å². The van der Waals surface area contributed by atoms with Crippen molar-refractivity contribution in [2.75, 3.05) is 18.5 Å². The molecule has 7 nitrogen and oxygen atoms in total. The minimum absolute atomic E-state index is 0.231. The average molecular weight is 417 g/mol. The molecule has 31 heavy (non-hydrogen) atoms. The van der Waals surface area contributed by atoms with Gasteiger partial charge in [0.05, 0.1) is 18.7 Å². The lowest BCUT2D eigenvalue weighted by molar-refractivity contribution is 0.101. The Bertz CT molecular complexity index is 1070. The summed E-state index contributed by atoms with van der Waals surface area (Å²) in [5.41, 5.74) is 2.95. The molecule has 0 fully saturated rings. The highest BCUT2D eigenvalue weighted by molar-refractivity contribution is 6.05. The van der Waals surface area contributed by atoms with E-state index in [1.54, 1.807) is 48.5 Å². The topological polar surface area (TPSA) is 80.8 Å². The van der Waals surface area contributed by atoms with Gasteiger partial charge in [-0.25, -0.2) is 4.79 Å². The van der Waals surface area contributed by atoms with E-state index in [4.69, 9.17) is 9.47 Å². The summed E-state index contributed by atoms with van der Waals surface area (Å²) in [4.78, 5) is 30.7. The Balaban J connectivity index is 1.44. The molecule has 0 saturated heterocycles. The van der Waals surface area contributed by atoms with Gasteiger partial charge in [-0.05, 0) is 60.9 Å². The van der Waals surface area contributed by atoms with E-state index in [9.17, 15) is 9.59 Å². The van der Waals surface area contributed by atoms with E-state index in [1.165, 1.54) is 0 Å². The van der Waals surface area contributed by atoms with Gasteiger partial charge in [-0.2, -0.15) is 0 Å². The Morgan fingerprint density at radius 1 is 1.03 bits per heavy atom. The van der Waals surface area contributed by atoms with Gasteiger partial charge in [0.2, 0.25) is 0 Å². The smallest absolute Gasteiger partial charge is 0.410 e. The van der Waals surface area contributed by atoms with Crippen molar-refractivity contribution >= 4 is 17.7 Å². The van der Waals surface area contributed by atoms with Crippen LogP contribution in [0.5, 0.6) is 11.5 Å². The minimum Gasteiger partial charge on any atom is -0.457 e. The number of hydrogen-bond acceptors (Lipinski definition) is 5. The number of benzene rings is 2. The highest BCUT2D eigenvalue weighted by Crippen LogP contribution is 2.25. The van der Waals surface area contributed by atoms with Gasteiger partial charge in [0, 0.05) is 24.6 Å². The molecule has 0 spiro atoms. The van der Waals surface area contributed by atoms with Gasteiger partial charge in [-0.1, -0.05) is 18.2 Å². The Labute approximate surface area is 180 Å². The van der Waals surface area contributed by atoms with Gasteiger partial charge in [-0.3, -0.25) is 9.78 Å². The summed E-state index contributed by atoms with van der Waals surface area (Å²) in [5.74, 6) is 1.20. The van der Waals surface area contributed by atoms with Crippen LogP contribution >= 0.6 is 0 Å². The third-order valence-corrected chi connectivity index (χ3v) is 5.00. The Hall–Kier alpha value is -3.87. The molecule has 1 aliphatic rings. The summed E-state index contributed by atoms with van der Waals surface area (Å²) in [6.07, 6.45) is 3.50. The first-order chi connectivity index (χ1) is 15.1. The van der Waals surface area contributed by atoms with Gasteiger partial charge < -0.3 is 19.7 Å². The van der Waals surface area contributed by atoms with Crippen LogP contribution < -0.4 is 10.1 Å². The zero-order chi connectivity index (χ0) is 21.6. The molecule has 158 valence electrons. The molecule has 0 aliphatic carbocycles. The summed E-state index contributed by atoms with van der Waals surface area (Å²) in [5, 5.41) is 2.91. The first-order valence-corrected chi connectivity index (χ1v) is 10.2. The number of pyridine rings is 1. The van der Waals surface area contributed by atoms with Crippen LogP contribution in [0, 0.1) is 0 Å². The molecular formula is C24H23N3O4. The number of anilines is 1.